The molecule has 5 nitrogen and oxygen atoms in total. The highest BCUT2D eigenvalue weighted by molar-refractivity contribution is 7.19. The van der Waals surface area contributed by atoms with Crippen molar-refractivity contribution in [3.63, 3.8) is 0 Å². The van der Waals surface area contributed by atoms with Gasteiger partial charge in [-0.05, 0) is 31.5 Å². The van der Waals surface area contributed by atoms with Gasteiger partial charge in [0.15, 0.2) is 5.13 Å². The molecule has 2 heterocycles. The standard InChI is InChI=1S/C17H16F2N4OS/c1-3-10-8-13(23(4-2)22-10)14-9-20-17(25-14)21-16(24)15-11(18)6-5-7-12(15)19/h5-9H,3-4H2,1-2H3,(H,20,21,24). The van der Waals surface area contributed by atoms with Gasteiger partial charge in [-0.1, -0.05) is 24.3 Å². The van der Waals surface area contributed by atoms with E-state index in [9.17, 15) is 13.6 Å². The summed E-state index contributed by atoms with van der Waals surface area (Å²) < 4.78 is 29.2. The van der Waals surface area contributed by atoms with E-state index in [1.54, 1.807) is 6.20 Å². The Morgan fingerprint density at radius 3 is 2.64 bits per heavy atom. The van der Waals surface area contributed by atoms with Crippen molar-refractivity contribution in [1.29, 1.82) is 0 Å². The first-order valence-electron chi connectivity index (χ1n) is 7.81. The molecule has 8 heteroatoms. The summed E-state index contributed by atoms with van der Waals surface area (Å²) in [6.07, 6.45) is 2.43. The first-order valence-corrected chi connectivity index (χ1v) is 8.63. The number of halogens is 2. The van der Waals surface area contributed by atoms with Crippen molar-refractivity contribution < 1.29 is 13.6 Å². The largest absolute Gasteiger partial charge is 0.298 e. The fraction of sp³-hybridized carbons (Fsp3) is 0.235. The van der Waals surface area contributed by atoms with Crippen LogP contribution in [0, 0.1) is 11.6 Å². The summed E-state index contributed by atoms with van der Waals surface area (Å²) in [4.78, 5) is 17.1. The van der Waals surface area contributed by atoms with E-state index >= 15 is 0 Å². The van der Waals surface area contributed by atoms with Crippen molar-refractivity contribution in [1.82, 2.24) is 14.8 Å². The fourth-order valence-corrected chi connectivity index (χ4v) is 3.24. The van der Waals surface area contributed by atoms with Gasteiger partial charge in [0.25, 0.3) is 5.91 Å². The molecular weight excluding hydrogens is 346 g/mol. The molecule has 0 saturated carbocycles. The molecule has 0 unspecified atom stereocenters. The number of benzene rings is 1. The van der Waals surface area contributed by atoms with Gasteiger partial charge in [0, 0.05) is 12.7 Å². The number of carbonyl (C=O) groups excluding carboxylic acids is 1. The third-order valence-corrected chi connectivity index (χ3v) is 4.60. The van der Waals surface area contributed by atoms with E-state index in [-0.39, 0.29) is 5.13 Å². The third kappa shape index (κ3) is 3.43. The summed E-state index contributed by atoms with van der Waals surface area (Å²) in [6.45, 7) is 4.71. The number of aromatic nitrogens is 3. The van der Waals surface area contributed by atoms with E-state index in [1.165, 1.54) is 17.4 Å². The van der Waals surface area contributed by atoms with E-state index in [0.717, 1.165) is 34.8 Å². The van der Waals surface area contributed by atoms with Gasteiger partial charge in [0.2, 0.25) is 0 Å². The van der Waals surface area contributed by atoms with Gasteiger partial charge >= 0.3 is 0 Å². The van der Waals surface area contributed by atoms with Crippen LogP contribution in [0.1, 0.15) is 29.9 Å². The number of nitrogens with one attached hydrogen (secondary N) is 1. The van der Waals surface area contributed by atoms with Gasteiger partial charge in [0.05, 0.1) is 16.3 Å². The monoisotopic (exact) mass is 362 g/mol. The van der Waals surface area contributed by atoms with Crippen LogP contribution < -0.4 is 5.32 Å². The van der Waals surface area contributed by atoms with Gasteiger partial charge in [-0.25, -0.2) is 13.8 Å². The second-order valence-electron chi connectivity index (χ2n) is 5.27. The molecular formula is C17H16F2N4OS. The quantitative estimate of drug-likeness (QED) is 0.743. The first kappa shape index (κ1) is 17.2. The Hall–Kier alpha value is -2.61. The van der Waals surface area contributed by atoms with Crippen LogP contribution in [-0.2, 0) is 13.0 Å². The van der Waals surface area contributed by atoms with E-state index in [4.69, 9.17) is 0 Å². The van der Waals surface area contributed by atoms with E-state index in [1.807, 2.05) is 24.6 Å². The molecule has 3 aromatic rings. The van der Waals surface area contributed by atoms with Crippen LogP contribution in [0.3, 0.4) is 0 Å². The summed E-state index contributed by atoms with van der Waals surface area (Å²) in [5.41, 5.74) is 1.24. The number of aryl methyl sites for hydroxylation is 2. The lowest BCUT2D eigenvalue weighted by Gasteiger charge is -2.04. The van der Waals surface area contributed by atoms with Crippen molar-refractivity contribution in [2.24, 2.45) is 0 Å². The van der Waals surface area contributed by atoms with Gasteiger partial charge in [-0.2, -0.15) is 5.10 Å². The number of amides is 1. The predicted molar refractivity (Wildman–Crippen MR) is 92.7 cm³/mol. The lowest BCUT2D eigenvalue weighted by Crippen LogP contribution is -2.15. The van der Waals surface area contributed by atoms with Crippen molar-refractivity contribution >= 4 is 22.4 Å². The number of nitrogens with zero attached hydrogens (tertiary/aromatic N) is 3. The number of carbonyl (C=O) groups is 1. The van der Waals surface area contributed by atoms with Gasteiger partial charge in [-0.3, -0.25) is 14.8 Å². The molecule has 1 aromatic carbocycles. The molecule has 0 atom stereocenters. The molecule has 1 N–H and O–H groups in total. The minimum Gasteiger partial charge on any atom is -0.298 e. The summed E-state index contributed by atoms with van der Waals surface area (Å²) in [5, 5.41) is 7.19. The molecule has 3 rings (SSSR count). The van der Waals surface area contributed by atoms with Crippen molar-refractivity contribution in [3.05, 3.63) is 53.4 Å². The van der Waals surface area contributed by atoms with Crippen LogP contribution in [0.15, 0.2) is 30.5 Å². The van der Waals surface area contributed by atoms with Gasteiger partial charge < -0.3 is 0 Å². The molecule has 0 bridgehead atoms. The smallest absolute Gasteiger partial charge is 0.263 e. The van der Waals surface area contributed by atoms with Crippen LogP contribution in [0.2, 0.25) is 0 Å². The van der Waals surface area contributed by atoms with Gasteiger partial charge in [0.1, 0.15) is 17.2 Å². The molecule has 0 radical (unpaired) electrons. The molecule has 0 aliphatic rings. The number of thiazole rings is 1. The van der Waals surface area contributed by atoms with Crippen LogP contribution in [0.25, 0.3) is 10.6 Å². The Kier molecular flexibility index (Phi) is 4.89. The maximum Gasteiger partial charge on any atom is 0.263 e. The highest BCUT2D eigenvalue weighted by Crippen LogP contribution is 2.30. The summed E-state index contributed by atoms with van der Waals surface area (Å²) in [7, 11) is 0. The minimum atomic E-state index is -0.911. The molecule has 0 spiro atoms. The van der Waals surface area contributed by atoms with E-state index < -0.39 is 23.1 Å². The Bertz CT molecular complexity index is 899. The fourth-order valence-electron chi connectivity index (χ4n) is 2.41. The third-order valence-electron chi connectivity index (χ3n) is 3.66. The molecule has 0 fully saturated rings. The predicted octanol–water partition coefficient (Wildman–Crippen LogP) is 4.12. The molecule has 1 amide bonds. The SMILES string of the molecule is CCc1cc(-c2cnc(NC(=O)c3c(F)cccc3F)s2)n(CC)n1. The zero-order valence-electron chi connectivity index (χ0n) is 13.7. The average molecular weight is 362 g/mol. The van der Waals surface area contributed by atoms with Crippen LogP contribution in [0.4, 0.5) is 13.9 Å². The molecule has 130 valence electrons. The van der Waals surface area contributed by atoms with Crippen molar-refractivity contribution in [2.75, 3.05) is 5.32 Å². The second-order valence-corrected chi connectivity index (χ2v) is 6.30. The zero-order chi connectivity index (χ0) is 18.0. The average Bonchev–Trinajstić information content (AvgIpc) is 3.20. The van der Waals surface area contributed by atoms with Crippen LogP contribution in [0.5, 0.6) is 0 Å². The number of anilines is 1. The Labute approximate surface area is 147 Å². The van der Waals surface area contributed by atoms with Crippen molar-refractivity contribution in [3.8, 4) is 10.6 Å². The lowest BCUT2D eigenvalue weighted by atomic mass is 10.2. The molecule has 0 aliphatic heterocycles. The summed E-state index contributed by atoms with van der Waals surface area (Å²) >= 11 is 1.23. The maximum atomic E-state index is 13.7. The molecule has 25 heavy (non-hydrogen) atoms. The number of rotatable bonds is 5. The summed E-state index contributed by atoms with van der Waals surface area (Å²) in [5.74, 6) is -2.69. The maximum absolute atomic E-state index is 13.7. The van der Waals surface area contributed by atoms with E-state index in [0.29, 0.717) is 6.54 Å². The normalized spacial score (nSPS) is 10.9. The van der Waals surface area contributed by atoms with Crippen LogP contribution >= 0.6 is 11.3 Å². The van der Waals surface area contributed by atoms with Crippen molar-refractivity contribution in [2.45, 2.75) is 26.8 Å². The highest BCUT2D eigenvalue weighted by Gasteiger charge is 2.19. The van der Waals surface area contributed by atoms with Crippen LogP contribution in [-0.4, -0.2) is 20.7 Å². The van der Waals surface area contributed by atoms with Gasteiger partial charge in [-0.15, -0.1) is 0 Å². The topological polar surface area (TPSA) is 59.8 Å². The van der Waals surface area contributed by atoms with E-state index in [2.05, 4.69) is 15.4 Å². The summed E-state index contributed by atoms with van der Waals surface area (Å²) in [6, 6.07) is 5.26. The number of hydrogen-bond acceptors (Lipinski definition) is 4. The first-order chi connectivity index (χ1) is 12.0. The Balaban J connectivity index is 1.85. The number of hydrogen-bond donors (Lipinski definition) is 1. The second kappa shape index (κ2) is 7.10. The lowest BCUT2D eigenvalue weighted by molar-refractivity contribution is 0.101. The minimum absolute atomic E-state index is 0.268. The highest BCUT2D eigenvalue weighted by atomic mass is 32.1. The molecule has 2 aromatic heterocycles. The Morgan fingerprint density at radius 1 is 1.28 bits per heavy atom. The molecule has 0 saturated heterocycles. The molecule has 0 aliphatic carbocycles. The Morgan fingerprint density at radius 2 is 2.00 bits per heavy atom. The zero-order valence-corrected chi connectivity index (χ0v) is 14.5.